The predicted octanol–water partition coefficient (Wildman–Crippen LogP) is 2.95. The fourth-order valence-corrected chi connectivity index (χ4v) is 1.39. The van der Waals surface area contributed by atoms with Crippen LogP contribution in [0.4, 0.5) is 0 Å². The van der Waals surface area contributed by atoms with Crippen molar-refractivity contribution in [2.24, 2.45) is 0 Å². The van der Waals surface area contributed by atoms with Gasteiger partial charge in [0.25, 0.3) is 0 Å². The van der Waals surface area contributed by atoms with Gasteiger partial charge in [0.2, 0.25) is 0 Å². The summed E-state index contributed by atoms with van der Waals surface area (Å²) in [5.74, 6) is 0. The van der Waals surface area contributed by atoms with Crippen LogP contribution in [0.3, 0.4) is 0 Å². The van der Waals surface area contributed by atoms with E-state index in [0.29, 0.717) is 0 Å². The van der Waals surface area contributed by atoms with Gasteiger partial charge in [0.15, 0.2) is 0 Å². The summed E-state index contributed by atoms with van der Waals surface area (Å²) in [6.07, 6.45) is 7.96. The average Bonchev–Trinajstić information content (AvgIpc) is 2.64. The van der Waals surface area contributed by atoms with Crippen LogP contribution in [0.25, 0.3) is 0 Å². The molecule has 2 heterocycles. The maximum atomic E-state index is 4.94. The topological polar surface area (TPSA) is 9.23 Å². The Hall–Kier alpha value is -0.210. The summed E-state index contributed by atoms with van der Waals surface area (Å²) in [4.78, 5) is 0. The fraction of sp³-hybridized carbons (Fsp3) is 0.556. The molecule has 62 valence electrons. The molecule has 0 atom stereocenters. The molecule has 0 unspecified atom stereocenters. The Bertz CT molecular complexity index is 109. The van der Waals surface area contributed by atoms with Crippen molar-refractivity contribution < 1.29 is 4.74 Å². The zero-order valence-corrected chi connectivity index (χ0v) is 7.48. The van der Waals surface area contributed by atoms with E-state index in [1.165, 1.54) is 12.8 Å². The van der Waals surface area contributed by atoms with Crippen LogP contribution in [0.5, 0.6) is 0 Å². The molecule has 0 amide bonds. The maximum Gasteiger partial charge on any atom is 0.0466 e. The first-order valence-corrected chi connectivity index (χ1v) is 4.97. The quantitative estimate of drug-likeness (QED) is 0.553. The van der Waals surface area contributed by atoms with Crippen LogP contribution in [0.1, 0.15) is 19.3 Å². The highest BCUT2D eigenvalue weighted by molar-refractivity contribution is 8.04. The van der Waals surface area contributed by atoms with Gasteiger partial charge in [0, 0.05) is 13.2 Å². The molecule has 0 aromatic rings. The molecule has 0 aromatic carbocycles. The average molecular weight is 170 g/mol. The Morgan fingerprint density at radius 2 is 1.64 bits per heavy atom. The lowest BCUT2D eigenvalue weighted by atomic mass is 10.4. The Balaban J connectivity index is 0.000000112. The van der Waals surface area contributed by atoms with E-state index in [-0.39, 0.29) is 0 Å². The first kappa shape index (κ1) is 8.88. The van der Waals surface area contributed by atoms with Crippen LogP contribution in [0, 0.1) is 0 Å². The lowest BCUT2D eigenvalue weighted by Crippen LogP contribution is -1.74. The van der Waals surface area contributed by atoms with Crippen molar-refractivity contribution in [2.75, 3.05) is 13.2 Å². The van der Waals surface area contributed by atoms with E-state index in [1.54, 1.807) is 11.8 Å². The highest BCUT2D eigenvalue weighted by Gasteiger charge is 1.94. The monoisotopic (exact) mass is 170 g/mol. The normalized spacial score (nSPS) is 21.1. The molecule has 1 nitrogen and oxygen atoms in total. The van der Waals surface area contributed by atoms with Crippen LogP contribution < -0.4 is 0 Å². The second-order valence-corrected chi connectivity index (χ2v) is 3.25. The summed E-state index contributed by atoms with van der Waals surface area (Å²) in [5.41, 5.74) is 0. The van der Waals surface area contributed by atoms with Gasteiger partial charge in [-0.15, -0.1) is 11.8 Å². The second-order valence-electron chi connectivity index (χ2n) is 2.43. The minimum absolute atomic E-state index is 1.00. The minimum Gasteiger partial charge on any atom is -0.381 e. The van der Waals surface area contributed by atoms with Gasteiger partial charge in [-0.1, -0.05) is 12.2 Å². The SMILES string of the molecule is C1=CSC=CC1.C1CCOC1. The molecule has 2 rings (SSSR count). The Kier molecular flexibility index (Phi) is 5.25. The van der Waals surface area contributed by atoms with Crippen molar-refractivity contribution in [1.29, 1.82) is 0 Å². The molecule has 11 heavy (non-hydrogen) atoms. The van der Waals surface area contributed by atoms with E-state index < -0.39 is 0 Å². The lowest BCUT2D eigenvalue weighted by molar-refractivity contribution is 0.198. The molecule has 1 fully saturated rings. The van der Waals surface area contributed by atoms with Crippen molar-refractivity contribution in [3.8, 4) is 0 Å². The molecule has 0 radical (unpaired) electrons. The molecule has 0 bridgehead atoms. The van der Waals surface area contributed by atoms with E-state index in [4.69, 9.17) is 4.74 Å². The smallest absolute Gasteiger partial charge is 0.0466 e. The minimum atomic E-state index is 1.00. The molecule has 0 saturated carbocycles. The van der Waals surface area contributed by atoms with Gasteiger partial charge in [0.1, 0.15) is 0 Å². The largest absolute Gasteiger partial charge is 0.381 e. The summed E-state index contributed by atoms with van der Waals surface area (Å²) in [6.45, 7) is 2.00. The number of ether oxygens (including phenoxy) is 1. The third-order valence-corrected chi connectivity index (χ3v) is 2.15. The fourth-order valence-electron chi connectivity index (χ4n) is 0.856. The molecule has 0 spiro atoms. The lowest BCUT2D eigenvalue weighted by Gasteiger charge is -1.87. The first-order chi connectivity index (χ1) is 5.50. The Labute approximate surface area is 72.5 Å². The number of thioether (sulfide) groups is 1. The van der Waals surface area contributed by atoms with Gasteiger partial charge in [-0.25, -0.2) is 0 Å². The van der Waals surface area contributed by atoms with E-state index in [2.05, 4.69) is 23.0 Å². The third-order valence-electron chi connectivity index (χ3n) is 1.45. The number of hydrogen-bond acceptors (Lipinski definition) is 2. The second kappa shape index (κ2) is 6.50. The van der Waals surface area contributed by atoms with Gasteiger partial charge in [0.05, 0.1) is 0 Å². The van der Waals surface area contributed by atoms with Crippen LogP contribution in [-0.4, -0.2) is 13.2 Å². The van der Waals surface area contributed by atoms with E-state index in [9.17, 15) is 0 Å². The van der Waals surface area contributed by atoms with Crippen molar-refractivity contribution in [1.82, 2.24) is 0 Å². The van der Waals surface area contributed by atoms with Gasteiger partial charge in [-0.05, 0) is 30.1 Å². The molecular weight excluding hydrogens is 156 g/mol. The highest BCUT2D eigenvalue weighted by Crippen LogP contribution is 2.09. The summed E-state index contributed by atoms with van der Waals surface area (Å²) >= 11 is 1.73. The molecule has 0 N–H and O–H groups in total. The van der Waals surface area contributed by atoms with Crippen LogP contribution in [-0.2, 0) is 4.74 Å². The molecule has 2 heteroatoms. The summed E-state index contributed by atoms with van der Waals surface area (Å²) < 4.78 is 4.94. The molecule has 0 aliphatic carbocycles. The van der Waals surface area contributed by atoms with Crippen molar-refractivity contribution in [3.63, 3.8) is 0 Å². The molecule has 2 aliphatic rings. The zero-order valence-electron chi connectivity index (χ0n) is 6.66. The Morgan fingerprint density at radius 1 is 1.00 bits per heavy atom. The first-order valence-electron chi connectivity index (χ1n) is 4.03. The zero-order chi connectivity index (χ0) is 7.78. The van der Waals surface area contributed by atoms with Crippen LogP contribution in [0.15, 0.2) is 23.0 Å². The van der Waals surface area contributed by atoms with Gasteiger partial charge >= 0.3 is 0 Å². The van der Waals surface area contributed by atoms with E-state index in [1.807, 2.05) is 0 Å². The summed E-state index contributed by atoms with van der Waals surface area (Å²) in [5, 5.41) is 4.19. The van der Waals surface area contributed by atoms with Crippen molar-refractivity contribution >= 4 is 11.8 Å². The van der Waals surface area contributed by atoms with Gasteiger partial charge < -0.3 is 4.74 Å². The summed E-state index contributed by atoms with van der Waals surface area (Å²) in [7, 11) is 0. The number of hydrogen-bond donors (Lipinski definition) is 0. The molecular formula is C9H14OS. The third kappa shape index (κ3) is 5.10. The van der Waals surface area contributed by atoms with Crippen LogP contribution in [0.2, 0.25) is 0 Å². The van der Waals surface area contributed by atoms with E-state index >= 15 is 0 Å². The maximum absolute atomic E-state index is 4.94. The van der Waals surface area contributed by atoms with Crippen molar-refractivity contribution in [2.45, 2.75) is 19.3 Å². The van der Waals surface area contributed by atoms with E-state index in [0.717, 1.165) is 19.6 Å². The standard InChI is InChI=1S/C5H6S.C4H8O/c1-2-4-6-5-3-1;1-2-4-5-3-1/h2-5H,1H2;1-4H2. The summed E-state index contributed by atoms with van der Waals surface area (Å²) in [6, 6.07) is 0. The highest BCUT2D eigenvalue weighted by atomic mass is 32.2. The van der Waals surface area contributed by atoms with Crippen molar-refractivity contribution in [3.05, 3.63) is 23.0 Å². The predicted molar refractivity (Wildman–Crippen MR) is 50.5 cm³/mol. The Morgan fingerprint density at radius 3 is 1.82 bits per heavy atom. The van der Waals surface area contributed by atoms with Gasteiger partial charge in [-0.2, -0.15) is 0 Å². The van der Waals surface area contributed by atoms with Crippen LogP contribution >= 0.6 is 11.8 Å². The number of rotatable bonds is 0. The number of allylic oxidation sites excluding steroid dienone is 2. The molecule has 0 aromatic heterocycles. The van der Waals surface area contributed by atoms with Gasteiger partial charge in [-0.3, -0.25) is 0 Å². The molecule has 2 aliphatic heterocycles. The molecule has 1 saturated heterocycles.